The summed E-state index contributed by atoms with van der Waals surface area (Å²) in [5.41, 5.74) is 3.82. The molecule has 1 aromatic rings. The highest BCUT2D eigenvalue weighted by molar-refractivity contribution is 6.30. The van der Waals surface area contributed by atoms with Crippen LogP contribution in [0.25, 0.3) is 0 Å². The molecule has 0 saturated heterocycles. The molecule has 2 N–H and O–H groups in total. The van der Waals surface area contributed by atoms with Gasteiger partial charge in [-0.1, -0.05) is 11.6 Å². The predicted octanol–water partition coefficient (Wildman–Crippen LogP) is 2.95. The number of amides is 1. The Bertz CT molecular complexity index is 556. The highest BCUT2D eigenvalue weighted by Crippen LogP contribution is 2.42. The van der Waals surface area contributed by atoms with Crippen LogP contribution in [0, 0.1) is 11.8 Å². The summed E-state index contributed by atoms with van der Waals surface area (Å²) in [6.07, 6.45) is 4.68. The fraction of sp³-hybridized carbons (Fsp3) is 0.429. The minimum atomic E-state index is -0.399. The summed E-state index contributed by atoms with van der Waals surface area (Å²) in [6.45, 7) is 0. The maximum Gasteiger partial charge on any atom is 0.275 e. The molecule has 100 valence electrons. The average Bonchev–Trinajstić information content (AvgIpc) is 2.98. The van der Waals surface area contributed by atoms with Crippen LogP contribution >= 0.6 is 11.6 Å². The molecule has 2 saturated carbocycles. The molecule has 2 atom stereocenters. The van der Waals surface area contributed by atoms with Crippen LogP contribution in [0.3, 0.4) is 0 Å². The lowest BCUT2D eigenvalue weighted by atomic mass is 9.99. The van der Waals surface area contributed by atoms with E-state index in [0.29, 0.717) is 10.9 Å². The molecule has 2 fully saturated rings. The van der Waals surface area contributed by atoms with Gasteiger partial charge in [0.25, 0.3) is 5.91 Å². The van der Waals surface area contributed by atoms with Gasteiger partial charge in [-0.3, -0.25) is 4.79 Å². The van der Waals surface area contributed by atoms with E-state index in [4.69, 9.17) is 11.6 Å². The Morgan fingerprint density at radius 2 is 2.26 bits per heavy atom. The number of rotatable bonds is 2. The van der Waals surface area contributed by atoms with Crippen LogP contribution in [-0.2, 0) is 0 Å². The van der Waals surface area contributed by atoms with E-state index in [2.05, 4.69) is 10.5 Å². The second-order valence-electron chi connectivity index (χ2n) is 5.29. The van der Waals surface area contributed by atoms with Crippen LogP contribution in [0.15, 0.2) is 23.3 Å². The Morgan fingerprint density at radius 1 is 1.42 bits per heavy atom. The third-order valence-corrected chi connectivity index (χ3v) is 4.25. The third kappa shape index (κ3) is 2.45. The number of carbonyl (C=O) groups excluding carboxylic acids is 1. The van der Waals surface area contributed by atoms with Crippen molar-refractivity contribution in [2.45, 2.75) is 25.7 Å². The van der Waals surface area contributed by atoms with Gasteiger partial charge in [0.1, 0.15) is 5.75 Å². The average molecular weight is 279 g/mol. The molecule has 0 aromatic heterocycles. The smallest absolute Gasteiger partial charge is 0.275 e. The molecule has 2 aliphatic rings. The van der Waals surface area contributed by atoms with E-state index in [1.54, 1.807) is 6.07 Å². The van der Waals surface area contributed by atoms with Gasteiger partial charge in [-0.15, -0.1) is 0 Å². The zero-order valence-corrected chi connectivity index (χ0v) is 11.2. The van der Waals surface area contributed by atoms with Crippen molar-refractivity contribution in [2.75, 3.05) is 0 Å². The van der Waals surface area contributed by atoms with E-state index < -0.39 is 5.91 Å². The summed E-state index contributed by atoms with van der Waals surface area (Å²) in [7, 11) is 0. The van der Waals surface area contributed by atoms with Crippen molar-refractivity contribution < 1.29 is 9.90 Å². The van der Waals surface area contributed by atoms with Gasteiger partial charge in [-0.25, -0.2) is 5.43 Å². The molecule has 0 aliphatic heterocycles. The van der Waals surface area contributed by atoms with E-state index in [1.165, 1.54) is 31.4 Å². The quantitative estimate of drug-likeness (QED) is 0.817. The Morgan fingerprint density at radius 3 is 2.89 bits per heavy atom. The van der Waals surface area contributed by atoms with Crippen molar-refractivity contribution in [3.05, 3.63) is 28.8 Å². The number of phenolic OH excluding ortho intramolecular Hbond substituents is 1. The van der Waals surface area contributed by atoms with Crippen molar-refractivity contribution >= 4 is 23.2 Å². The first-order valence-corrected chi connectivity index (χ1v) is 6.86. The first-order chi connectivity index (χ1) is 9.13. The Labute approximate surface area is 116 Å². The van der Waals surface area contributed by atoms with E-state index in [9.17, 15) is 9.90 Å². The molecular formula is C14H15ClN2O2. The van der Waals surface area contributed by atoms with E-state index in [-0.39, 0.29) is 11.3 Å². The first kappa shape index (κ1) is 12.5. The molecule has 0 spiro atoms. The maximum absolute atomic E-state index is 11.9. The summed E-state index contributed by atoms with van der Waals surface area (Å²) < 4.78 is 0. The van der Waals surface area contributed by atoms with Crippen molar-refractivity contribution in [1.29, 1.82) is 0 Å². The number of hydrogen-bond acceptors (Lipinski definition) is 3. The SMILES string of the molecule is O=C(N/N=C1\CC2CCC1C2)c1ccc(Cl)cc1O. The van der Waals surface area contributed by atoms with Gasteiger partial charge in [0.2, 0.25) is 0 Å². The topological polar surface area (TPSA) is 61.7 Å². The zero-order valence-electron chi connectivity index (χ0n) is 10.4. The summed E-state index contributed by atoms with van der Waals surface area (Å²) >= 11 is 5.73. The molecule has 1 amide bonds. The molecule has 0 heterocycles. The number of halogens is 1. The molecule has 2 bridgehead atoms. The van der Waals surface area contributed by atoms with Crippen molar-refractivity contribution in [3.8, 4) is 5.75 Å². The van der Waals surface area contributed by atoms with Crippen LogP contribution in [0.2, 0.25) is 5.02 Å². The summed E-state index contributed by atoms with van der Waals surface area (Å²) in [6, 6.07) is 4.41. The standard InChI is InChI=1S/C14H15ClN2O2/c15-10-3-4-11(13(18)7-10)14(19)17-16-12-6-8-1-2-9(12)5-8/h3-4,7-9,18H,1-2,5-6H2,(H,17,19)/b16-12+. The Hall–Kier alpha value is -1.55. The minimum Gasteiger partial charge on any atom is -0.507 e. The van der Waals surface area contributed by atoms with Crippen LogP contribution in [0.4, 0.5) is 0 Å². The number of benzene rings is 1. The van der Waals surface area contributed by atoms with Crippen LogP contribution < -0.4 is 5.43 Å². The van der Waals surface area contributed by atoms with Gasteiger partial charge in [-0.05, 0) is 55.7 Å². The molecule has 19 heavy (non-hydrogen) atoms. The Balaban J connectivity index is 1.70. The fourth-order valence-corrected chi connectivity index (χ4v) is 3.21. The molecule has 3 rings (SSSR count). The molecule has 2 aliphatic carbocycles. The molecule has 5 heteroatoms. The normalized spacial score (nSPS) is 26.9. The van der Waals surface area contributed by atoms with Crippen LogP contribution in [0.5, 0.6) is 5.75 Å². The summed E-state index contributed by atoms with van der Waals surface area (Å²) in [4.78, 5) is 11.9. The lowest BCUT2D eigenvalue weighted by molar-refractivity contribution is 0.0952. The largest absolute Gasteiger partial charge is 0.507 e. The lowest BCUT2D eigenvalue weighted by Crippen LogP contribution is -2.22. The maximum atomic E-state index is 11.9. The lowest BCUT2D eigenvalue weighted by Gasteiger charge is -2.11. The van der Waals surface area contributed by atoms with Gasteiger partial charge in [0, 0.05) is 10.7 Å². The molecule has 1 aromatic carbocycles. The van der Waals surface area contributed by atoms with Crippen molar-refractivity contribution in [2.24, 2.45) is 16.9 Å². The number of fused-ring (bicyclic) bond motifs is 2. The zero-order chi connectivity index (χ0) is 13.4. The van der Waals surface area contributed by atoms with Crippen molar-refractivity contribution in [3.63, 3.8) is 0 Å². The molecule has 0 radical (unpaired) electrons. The Kier molecular flexibility index (Phi) is 3.19. The number of carbonyl (C=O) groups is 1. The summed E-state index contributed by atoms with van der Waals surface area (Å²) in [5, 5.41) is 14.3. The van der Waals surface area contributed by atoms with Gasteiger partial charge in [-0.2, -0.15) is 5.10 Å². The number of nitrogens with zero attached hydrogens (tertiary/aromatic N) is 1. The highest BCUT2D eigenvalue weighted by Gasteiger charge is 2.36. The monoisotopic (exact) mass is 278 g/mol. The third-order valence-electron chi connectivity index (χ3n) is 4.02. The van der Waals surface area contributed by atoms with Gasteiger partial charge in [0.15, 0.2) is 0 Å². The van der Waals surface area contributed by atoms with Gasteiger partial charge < -0.3 is 5.11 Å². The number of hydrazone groups is 1. The van der Waals surface area contributed by atoms with Crippen LogP contribution in [0.1, 0.15) is 36.0 Å². The fourth-order valence-electron chi connectivity index (χ4n) is 3.04. The number of aromatic hydroxyl groups is 1. The minimum absolute atomic E-state index is 0.127. The van der Waals surface area contributed by atoms with E-state index >= 15 is 0 Å². The second kappa shape index (κ2) is 4.85. The number of nitrogens with one attached hydrogen (secondary N) is 1. The van der Waals surface area contributed by atoms with E-state index in [1.807, 2.05) is 0 Å². The summed E-state index contributed by atoms with van der Waals surface area (Å²) in [5.74, 6) is 0.774. The molecule has 4 nitrogen and oxygen atoms in total. The first-order valence-electron chi connectivity index (χ1n) is 6.49. The molecular weight excluding hydrogens is 264 g/mol. The highest BCUT2D eigenvalue weighted by atomic mass is 35.5. The van der Waals surface area contributed by atoms with Gasteiger partial charge in [0.05, 0.1) is 5.56 Å². The second-order valence-corrected chi connectivity index (χ2v) is 5.72. The predicted molar refractivity (Wildman–Crippen MR) is 73.5 cm³/mol. The van der Waals surface area contributed by atoms with E-state index in [0.717, 1.165) is 18.1 Å². The van der Waals surface area contributed by atoms with Gasteiger partial charge >= 0.3 is 0 Å². The van der Waals surface area contributed by atoms with Crippen molar-refractivity contribution in [1.82, 2.24) is 5.43 Å². The molecule has 2 unspecified atom stereocenters. The van der Waals surface area contributed by atoms with Crippen LogP contribution in [-0.4, -0.2) is 16.7 Å². The number of hydrogen-bond donors (Lipinski definition) is 2. The number of phenols is 1.